The van der Waals surface area contributed by atoms with Crippen molar-refractivity contribution < 1.29 is 26.0 Å². The molecule has 0 saturated heterocycles. The van der Waals surface area contributed by atoms with Gasteiger partial charge in [-0.1, -0.05) is 6.92 Å². The Morgan fingerprint density at radius 1 is 1.03 bits per heavy atom. The number of nitrogens with one attached hydrogen (secondary N) is 2. The Bertz CT molecular complexity index is 1410. The van der Waals surface area contributed by atoms with Crippen LogP contribution in [0.15, 0.2) is 65.7 Å². The van der Waals surface area contributed by atoms with Crippen LogP contribution in [0.5, 0.6) is 0 Å². The van der Waals surface area contributed by atoms with Crippen molar-refractivity contribution in [1.82, 2.24) is 9.97 Å². The molecular weight excluding hydrogens is 497 g/mol. The first-order valence-electron chi connectivity index (χ1n) is 10.4. The summed E-state index contributed by atoms with van der Waals surface area (Å²) in [7, 11) is -7.86. The number of rotatable bonds is 9. The third-order valence-electron chi connectivity index (χ3n) is 4.86. The number of halogens is 1. The highest BCUT2D eigenvalue weighted by Gasteiger charge is 2.31. The molecule has 0 unspecified atom stereocenters. The van der Waals surface area contributed by atoms with Gasteiger partial charge in [0, 0.05) is 17.6 Å². The average molecular weight is 522 g/mol. The maximum absolute atomic E-state index is 13.3. The third kappa shape index (κ3) is 6.51. The topological polar surface area (TPSA) is 138 Å². The molecule has 2 aromatic carbocycles. The first-order chi connectivity index (χ1) is 16.4. The molecule has 0 aliphatic rings. The summed E-state index contributed by atoms with van der Waals surface area (Å²) in [6.45, 7) is 3.34. The molecule has 1 amide bonds. The Balaban J connectivity index is 1.79. The van der Waals surface area contributed by atoms with Gasteiger partial charge in [0.25, 0.3) is 10.0 Å². The lowest BCUT2D eigenvalue weighted by atomic mass is 10.2. The van der Waals surface area contributed by atoms with Crippen LogP contribution in [0.1, 0.15) is 19.0 Å². The highest BCUT2D eigenvalue weighted by Crippen LogP contribution is 2.24. The fourth-order valence-corrected chi connectivity index (χ4v) is 5.43. The van der Waals surface area contributed by atoms with Gasteiger partial charge in [-0.25, -0.2) is 35.9 Å². The largest absolute Gasteiger partial charge is 0.324 e. The zero-order valence-corrected chi connectivity index (χ0v) is 20.8. The maximum atomic E-state index is 13.3. The van der Waals surface area contributed by atoms with E-state index in [0.717, 1.165) is 22.7 Å². The Labute approximate surface area is 203 Å². The lowest BCUT2D eigenvalue weighted by Crippen LogP contribution is -2.47. The molecule has 35 heavy (non-hydrogen) atoms. The number of amides is 1. The number of hydrogen-bond acceptors (Lipinski definition) is 7. The molecule has 10 nitrogen and oxygen atoms in total. The van der Waals surface area contributed by atoms with Gasteiger partial charge in [-0.2, -0.15) is 0 Å². The molecule has 1 aromatic heterocycles. The Kier molecular flexibility index (Phi) is 7.70. The van der Waals surface area contributed by atoms with Crippen LogP contribution in [0, 0.1) is 12.7 Å². The summed E-state index contributed by atoms with van der Waals surface area (Å²) in [6.07, 6.45) is 2.51. The summed E-state index contributed by atoms with van der Waals surface area (Å²) in [4.78, 5) is 20.8. The zero-order valence-electron chi connectivity index (χ0n) is 19.1. The predicted octanol–water partition coefficient (Wildman–Crippen LogP) is 2.91. The van der Waals surface area contributed by atoms with Gasteiger partial charge in [-0.05, 0) is 67.9 Å². The highest BCUT2D eigenvalue weighted by atomic mass is 32.2. The fourth-order valence-electron chi connectivity index (χ4n) is 3.27. The molecule has 3 aromatic rings. The zero-order chi connectivity index (χ0) is 25.8. The van der Waals surface area contributed by atoms with Crippen LogP contribution in [-0.4, -0.2) is 45.0 Å². The number of nitrogens with zero attached hydrogens (tertiary/aromatic N) is 3. The number of benzene rings is 2. The molecule has 0 spiro atoms. The Morgan fingerprint density at radius 2 is 1.66 bits per heavy atom. The van der Waals surface area contributed by atoms with Crippen LogP contribution < -0.4 is 14.3 Å². The van der Waals surface area contributed by atoms with Gasteiger partial charge in [0.2, 0.25) is 21.9 Å². The normalized spacial score (nSPS) is 12.6. The van der Waals surface area contributed by atoms with Crippen molar-refractivity contribution >= 4 is 43.3 Å². The fraction of sp³-hybridized carbons (Fsp3) is 0.227. The van der Waals surface area contributed by atoms with E-state index in [1.54, 1.807) is 19.9 Å². The minimum atomic E-state index is -3.97. The predicted molar refractivity (Wildman–Crippen MR) is 130 cm³/mol. The van der Waals surface area contributed by atoms with Gasteiger partial charge in [0.05, 0.1) is 16.8 Å². The van der Waals surface area contributed by atoms with Crippen molar-refractivity contribution in [1.29, 1.82) is 0 Å². The summed E-state index contributed by atoms with van der Waals surface area (Å²) in [5.74, 6) is -1.25. The first kappa shape index (κ1) is 26.0. The van der Waals surface area contributed by atoms with E-state index in [1.807, 2.05) is 0 Å². The SMILES string of the molecule is CC[C@H](C(=O)Nc1ccc(S(=O)(=O)Nc2nccc(C)n2)cc1)N(c1ccc(F)cc1)S(C)(=O)=O. The van der Waals surface area contributed by atoms with Crippen LogP contribution in [0.3, 0.4) is 0 Å². The van der Waals surface area contributed by atoms with E-state index in [4.69, 9.17) is 0 Å². The Morgan fingerprint density at radius 3 is 2.20 bits per heavy atom. The van der Waals surface area contributed by atoms with Crippen LogP contribution in [0.25, 0.3) is 0 Å². The third-order valence-corrected chi connectivity index (χ3v) is 7.39. The molecule has 1 atom stereocenters. The highest BCUT2D eigenvalue weighted by molar-refractivity contribution is 7.92. The van der Waals surface area contributed by atoms with E-state index in [0.29, 0.717) is 5.69 Å². The van der Waals surface area contributed by atoms with E-state index in [2.05, 4.69) is 20.0 Å². The van der Waals surface area contributed by atoms with E-state index < -0.39 is 37.8 Å². The number of carbonyl (C=O) groups is 1. The standard InChI is InChI=1S/C22H24FN5O5S2/c1-4-20(28(34(3,30)31)18-9-5-16(23)6-10-18)21(29)26-17-7-11-19(12-8-17)35(32,33)27-22-24-14-13-15(2)25-22/h5-14,20H,4H2,1-3H3,(H,26,29)(H,24,25,27)/t20-/m1/s1. The lowest BCUT2D eigenvalue weighted by Gasteiger charge is -2.30. The van der Waals surface area contributed by atoms with Crippen molar-refractivity contribution in [2.75, 3.05) is 20.6 Å². The van der Waals surface area contributed by atoms with Gasteiger partial charge >= 0.3 is 0 Å². The molecule has 0 radical (unpaired) electrons. The number of aromatic nitrogens is 2. The molecule has 0 aliphatic heterocycles. The van der Waals surface area contributed by atoms with E-state index in [9.17, 15) is 26.0 Å². The van der Waals surface area contributed by atoms with Gasteiger partial charge in [0.15, 0.2) is 0 Å². The number of sulfonamides is 2. The van der Waals surface area contributed by atoms with Crippen molar-refractivity contribution in [2.24, 2.45) is 0 Å². The van der Waals surface area contributed by atoms with Crippen molar-refractivity contribution in [3.8, 4) is 0 Å². The molecular formula is C22H24FN5O5S2. The number of aryl methyl sites for hydroxylation is 1. The average Bonchev–Trinajstić information content (AvgIpc) is 2.77. The first-order valence-corrected chi connectivity index (χ1v) is 13.7. The van der Waals surface area contributed by atoms with Gasteiger partial charge < -0.3 is 5.32 Å². The minimum absolute atomic E-state index is 0.0742. The van der Waals surface area contributed by atoms with Crippen molar-refractivity contribution in [2.45, 2.75) is 31.2 Å². The second-order valence-corrected chi connectivity index (χ2v) is 11.1. The molecule has 0 saturated carbocycles. The molecule has 13 heteroatoms. The van der Waals surface area contributed by atoms with E-state index in [1.165, 1.54) is 42.6 Å². The molecule has 0 bridgehead atoms. The quantitative estimate of drug-likeness (QED) is 0.441. The second kappa shape index (κ2) is 10.4. The van der Waals surface area contributed by atoms with E-state index >= 15 is 0 Å². The summed E-state index contributed by atoms with van der Waals surface area (Å²) < 4.78 is 66.7. The van der Waals surface area contributed by atoms with Crippen LogP contribution in [0.4, 0.5) is 21.7 Å². The van der Waals surface area contributed by atoms with Crippen LogP contribution in [-0.2, 0) is 24.8 Å². The monoisotopic (exact) mass is 521 g/mol. The molecule has 2 N–H and O–H groups in total. The van der Waals surface area contributed by atoms with Gasteiger partial charge in [0.1, 0.15) is 11.9 Å². The summed E-state index contributed by atoms with van der Waals surface area (Å²) >= 11 is 0. The van der Waals surface area contributed by atoms with Gasteiger partial charge in [-0.15, -0.1) is 0 Å². The lowest BCUT2D eigenvalue weighted by molar-refractivity contribution is -0.117. The number of anilines is 3. The summed E-state index contributed by atoms with van der Waals surface area (Å²) in [5, 5.41) is 2.60. The van der Waals surface area contributed by atoms with Crippen molar-refractivity contribution in [3.05, 3.63) is 72.3 Å². The summed E-state index contributed by atoms with van der Waals surface area (Å²) in [5.41, 5.74) is 0.985. The second-order valence-electron chi connectivity index (χ2n) is 7.60. The van der Waals surface area contributed by atoms with Crippen LogP contribution in [0.2, 0.25) is 0 Å². The minimum Gasteiger partial charge on any atom is -0.324 e. The number of hydrogen-bond donors (Lipinski definition) is 2. The van der Waals surface area contributed by atoms with Crippen molar-refractivity contribution in [3.63, 3.8) is 0 Å². The molecule has 0 fully saturated rings. The molecule has 186 valence electrons. The van der Waals surface area contributed by atoms with Crippen LogP contribution >= 0.6 is 0 Å². The molecule has 1 heterocycles. The van der Waals surface area contributed by atoms with E-state index in [-0.39, 0.29) is 28.6 Å². The smallest absolute Gasteiger partial charge is 0.264 e. The summed E-state index contributed by atoms with van der Waals surface area (Å²) in [6, 6.07) is 10.6. The number of carbonyl (C=O) groups excluding carboxylic acids is 1. The maximum Gasteiger partial charge on any atom is 0.264 e. The Hall–Kier alpha value is -3.58. The van der Waals surface area contributed by atoms with Gasteiger partial charge in [-0.3, -0.25) is 9.10 Å². The molecule has 3 rings (SSSR count). The molecule has 0 aliphatic carbocycles.